The van der Waals surface area contributed by atoms with Gasteiger partial charge in [-0.15, -0.1) is 0 Å². The number of aliphatic hydroxyl groups is 1. The number of pyridine rings is 1. The summed E-state index contributed by atoms with van der Waals surface area (Å²) in [5.41, 5.74) is 4.60. The van der Waals surface area contributed by atoms with Crippen molar-refractivity contribution < 1.29 is 14.6 Å². The first-order valence-corrected chi connectivity index (χ1v) is 9.57. The van der Waals surface area contributed by atoms with Crippen molar-refractivity contribution in [3.63, 3.8) is 0 Å². The number of rotatable bonds is 5. The molecule has 0 amide bonds. The molecule has 3 atom stereocenters. The standard InChI is InChI=1S/C22H27N3O3/c1-14-15(2)25-11-10-17-18(21(25)23-14)24-19(16-8-6-5-7-9-16)22(3,26)20(17)28-13-12-27-4/h5-11,19-20,24,26H,12-13H2,1-4H3/t19-,20-,22+/m1/s1. The van der Waals surface area contributed by atoms with Crippen LogP contribution in [0.25, 0.3) is 5.65 Å². The molecular formula is C22H27N3O3. The number of methoxy groups -OCH3 is 1. The molecule has 0 saturated carbocycles. The van der Waals surface area contributed by atoms with Crippen LogP contribution in [0.5, 0.6) is 0 Å². The monoisotopic (exact) mass is 381 g/mol. The van der Waals surface area contributed by atoms with Gasteiger partial charge in [-0.05, 0) is 32.4 Å². The molecule has 148 valence electrons. The minimum atomic E-state index is -1.16. The highest BCUT2D eigenvalue weighted by Gasteiger charge is 2.47. The number of fused-ring (bicyclic) bond motifs is 3. The zero-order chi connectivity index (χ0) is 19.9. The first-order valence-electron chi connectivity index (χ1n) is 9.57. The molecule has 1 aromatic carbocycles. The van der Waals surface area contributed by atoms with E-state index >= 15 is 0 Å². The molecule has 2 aromatic heterocycles. The second kappa shape index (κ2) is 7.20. The maximum absolute atomic E-state index is 11.6. The molecular weight excluding hydrogens is 354 g/mol. The van der Waals surface area contributed by atoms with Crippen molar-refractivity contribution in [3.8, 4) is 0 Å². The molecule has 4 rings (SSSR count). The summed E-state index contributed by atoms with van der Waals surface area (Å²) >= 11 is 0. The molecule has 6 nitrogen and oxygen atoms in total. The Balaban J connectivity index is 1.88. The molecule has 0 bridgehead atoms. The maximum atomic E-state index is 11.6. The lowest BCUT2D eigenvalue weighted by Crippen LogP contribution is -2.48. The van der Waals surface area contributed by atoms with Crippen LogP contribution in [0, 0.1) is 13.8 Å². The predicted octanol–water partition coefficient (Wildman–Crippen LogP) is 3.57. The van der Waals surface area contributed by atoms with E-state index < -0.39 is 11.7 Å². The minimum absolute atomic E-state index is 0.336. The fourth-order valence-electron chi connectivity index (χ4n) is 4.05. The Labute approximate surface area is 165 Å². The molecule has 3 heterocycles. The third-order valence-electron chi connectivity index (χ3n) is 5.69. The Bertz CT molecular complexity index is 982. The van der Waals surface area contributed by atoms with Crippen LogP contribution in [0.15, 0.2) is 42.6 Å². The second-order valence-corrected chi connectivity index (χ2v) is 7.58. The lowest BCUT2D eigenvalue weighted by Gasteiger charge is -2.45. The van der Waals surface area contributed by atoms with Gasteiger partial charge in [0.15, 0.2) is 5.65 Å². The van der Waals surface area contributed by atoms with Gasteiger partial charge in [0.2, 0.25) is 0 Å². The fraction of sp³-hybridized carbons (Fsp3) is 0.409. The summed E-state index contributed by atoms with van der Waals surface area (Å²) in [6.45, 7) is 6.76. The molecule has 0 saturated heterocycles. The Morgan fingerprint density at radius 3 is 2.64 bits per heavy atom. The molecule has 0 spiro atoms. The Kier molecular flexibility index (Phi) is 4.87. The number of imidazole rings is 1. The summed E-state index contributed by atoms with van der Waals surface area (Å²) in [5.74, 6) is 0. The number of hydrogen-bond donors (Lipinski definition) is 2. The highest BCUT2D eigenvalue weighted by Crippen LogP contribution is 2.48. The Morgan fingerprint density at radius 2 is 1.93 bits per heavy atom. The van der Waals surface area contributed by atoms with Gasteiger partial charge in [-0.25, -0.2) is 4.98 Å². The average Bonchev–Trinajstić information content (AvgIpc) is 2.98. The van der Waals surface area contributed by atoms with Crippen molar-refractivity contribution in [3.05, 3.63) is 65.1 Å². The number of benzene rings is 1. The van der Waals surface area contributed by atoms with E-state index in [2.05, 4.69) is 16.6 Å². The molecule has 28 heavy (non-hydrogen) atoms. The van der Waals surface area contributed by atoms with Crippen LogP contribution in [-0.4, -0.2) is 40.4 Å². The fourth-order valence-corrected chi connectivity index (χ4v) is 4.05. The number of anilines is 1. The minimum Gasteiger partial charge on any atom is -0.385 e. The lowest BCUT2D eigenvalue weighted by atomic mass is 9.79. The van der Waals surface area contributed by atoms with Crippen molar-refractivity contribution >= 4 is 11.3 Å². The van der Waals surface area contributed by atoms with Crippen LogP contribution >= 0.6 is 0 Å². The molecule has 3 aromatic rings. The van der Waals surface area contributed by atoms with Crippen LogP contribution in [-0.2, 0) is 9.47 Å². The van der Waals surface area contributed by atoms with Gasteiger partial charge in [0, 0.05) is 24.6 Å². The van der Waals surface area contributed by atoms with E-state index in [-0.39, 0.29) is 6.04 Å². The number of nitrogens with one attached hydrogen (secondary N) is 1. The quantitative estimate of drug-likeness (QED) is 0.662. The van der Waals surface area contributed by atoms with E-state index in [1.165, 1.54) is 0 Å². The smallest absolute Gasteiger partial charge is 0.161 e. The highest BCUT2D eigenvalue weighted by molar-refractivity contribution is 5.75. The van der Waals surface area contributed by atoms with Gasteiger partial charge >= 0.3 is 0 Å². The SMILES string of the molecule is COCCO[C@@H]1c2ccn3c(C)c(C)nc3c2N[C@H](c2ccccc2)[C@]1(C)O. The van der Waals surface area contributed by atoms with Crippen molar-refractivity contribution in [1.82, 2.24) is 9.38 Å². The van der Waals surface area contributed by atoms with E-state index in [1.807, 2.05) is 56.4 Å². The summed E-state index contributed by atoms with van der Waals surface area (Å²) in [7, 11) is 1.64. The zero-order valence-electron chi connectivity index (χ0n) is 16.8. The summed E-state index contributed by atoms with van der Waals surface area (Å²) < 4.78 is 13.4. The molecule has 1 aliphatic rings. The van der Waals surface area contributed by atoms with Gasteiger partial charge in [-0.3, -0.25) is 0 Å². The Hall–Kier alpha value is -2.41. The number of aromatic nitrogens is 2. The van der Waals surface area contributed by atoms with Crippen molar-refractivity contribution in [2.75, 3.05) is 25.6 Å². The summed E-state index contributed by atoms with van der Waals surface area (Å²) in [6, 6.07) is 11.6. The summed E-state index contributed by atoms with van der Waals surface area (Å²) in [5, 5.41) is 15.1. The van der Waals surface area contributed by atoms with E-state index in [1.54, 1.807) is 7.11 Å². The lowest BCUT2D eigenvalue weighted by molar-refractivity contribution is -0.122. The van der Waals surface area contributed by atoms with Gasteiger partial charge in [0.1, 0.15) is 11.7 Å². The molecule has 0 radical (unpaired) electrons. The topological polar surface area (TPSA) is 68.0 Å². The van der Waals surface area contributed by atoms with E-state index in [0.717, 1.165) is 33.8 Å². The largest absolute Gasteiger partial charge is 0.385 e. The summed E-state index contributed by atoms with van der Waals surface area (Å²) in [4.78, 5) is 4.77. The van der Waals surface area contributed by atoms with Crippen LogP contribution in [0.1, 0.15) is 41.6 Å². The van der Waals surface area contributed by atoms with Gasteiger partial charge < -0.3 is 24.3 Å². The normalized spacial score (nSPS) is 24.2. The molecule has 0 aliphatic carbocycles. The zero-order valence-corrected chi connectivity index (χ0v) is 16.8. The van der Waals surface area contributed by atoms with Gasteiger partial charge in [0.25, 0.3) is 0 Å². The van der Waals surface area contributed by atoms with Crippen molar-refractivity contribution in [2.24, 2.45) is 0 Å². The molecule has 0 unspecified atom stereocenters. The number of ether oxygens (including phenoxy) is 2. The number of hydrogen-bond acceptors (Lipinski definition) is 5. The average molecular weight is 381 g/mol. The molecule has 0 fully saturated rings. The Morgan fingerprint density at radius 1 is 1.18 bits per heavy atom. The summed E-state index contributed by atoms with van der Waals surface area (Å²) in [6.07, 6.45) is 1.49. The predicted molar refractivity (Wildman–Crippen MR) is 109 cm³/mol. The first kappa shape index (κ1) is 18.9. The van der Waals surface area contributed by atoms with E-state index in [9.17, 15) is 5.11 Å². The van der Waals surface area contributed by atoms with Gasteiger partial charge in [-0.2, -0.15) is 0 Å². The third kappa shape index (κ3) is 2.98. The van der Waals surface area contributed by atoms with Crippen molar-refractivity contribution in [1.29, 1.82) is 0 Å². The van der Waals surface area contributed by atoms with Crippen molar-refractivity contribution in [2.45, 2.75) is 38.5 Å². The van der Waals surface area contributed by atoms with Crippen LogP contribution < -0.4 is 5.32 Å². The highest BCUT2D eigenvalue weighted by atomic mass is 16.5. The van der Waals surface area contributed by atoms with E-state index in [0.29, 0.717) is 13.2 Å². The third-order valence-corrected chi connectivity index (χ3v) is 5.69. The van der Waals surface area contributed by atoms with Crippen LogP contribution in [0.4, 0.5) is 5.69 Å². The van der Waals surface area contributed by atoms with Gasteiger partial charge in [0.05, 0.1) is 30.6 Å². The molecule has 2 N–H and O–H groups in total. The maximum Gasteiger partial charge on any atom is 0.161 e. The number of aryl methyl sites for hydroxylation is 2. The molecule has 1 aliphatic heterocycles. The van der Waals surface area contributed by atoms with Crippen LogP contribution in [0.2, 0.25) is 0 Å². The van der Waals surface area contributed by atoms with Gasteiger partial charge in [-0.1, -0.05) is 30.3 Å². The first-order chi connectivity index (χ1) is 13.4. The number of nitrogens with zero attached hydrogens (tertiary/aromatic N) is 2. The molecule has 6 heteroatoms. The van der Waals surface area contributed by atoms with E-state index in [4.69, 9.17) is 14.5 Å². The van der Waals surface area contributed by atoms with Crippen LogP contribution in [0.3, 0.4) is 0 Å². The second-order valence-electron chi connectivity index (χ2n) is 7.58.